The van der Waals surface area contributed by atoms with Gasteiger partial charge in [-0.15, -0.1) is 0 Å². The topological polar surface area (TPSA) is 712 Å². The van der Waals surface area contributed by atoms with Crippen molar-refractivity contribution in [2.75, 3.05) is 92.5 Å². The van der Waals surface area contributed by atoms with E-state index in [-0.39, 0.29) is 78.0 Å². The zero-order chi connectivity index (χ0) is 106. The van der Waals surface area contributed by atoms with Crippen molar-refractivity contribution in [3.63, 3.8) is 0 Å². The molecule has 852 valence electrons. The SMILES string of the molecule is CC(CCCOCC(COCCCC(C)C1CCC2C3CCC4CC(O[C@H]5OC(CO)[C@H](O[C@@H]6OC(CO)[C@H](O)[C@@H](O)C6O)[C@@H](O)C5O)CCC4(C)C3CCC12C)(CO[C@@H]1OC(CO)[C@@H](O[C@H]2OC(CO)[C@@H](O)[C@H](O)C2O)[C@H](O)C1O)CO[C@H]1OC(CO)[C@H](O[C@@H]2OC(CO)[C@H](O)[C@@H](O)C2O)[C@@H](O)C1O)C1CCC2C3CCC4CC(O[C@@H]5OC(CO)[C@@H](O[C@H]6OC(CO)[C@@H](O)[C@H](O)C6O)[C@H](O)C5C)CCC4(C)C3CCC12C. The molecule has 0 aromatic heterocycles. The summed E-state index contributed by atoms with van der Waals surface area (Å²) in [6.45, 7) is 9.06. The molecular formula is C102H174O45. The monoisotopic (exact) mass is 2120 g/mol. The second kappa shape index (κ2) is 49.6. The summed E-state index contributed by atoms with van der Waals surface area (Å²) in [5.74, 6) is 4.12. The van der Waals surface area contributed by atoms with E-state index >= 15 is 0 Å². The van der Waals surface area contributed by atoms with E-state index in [0.717, 1.165) is 116 Å². The van der Waals surface area contributed by atoms with Gasteiger partial charge in [-0.1, -0.05) is 48.5 Å². The average Bonchev–Trinajstić information content (AvgIpc) is 1.59. The Kier molecular flexibility index (Phi) is 39.7. The number of rotatable bonds is 40. The first-order valence-corrected chi connectivity index (χ1v) is 54.4. The van der Waals surface area contributed by atoms with Crippen LogP contribution < -0.4 is 0 Å². The Morgan fingerprint density at radius 3 is 0.878 bits per heavy atom. The van der Waals surface area contributed by atoms with Crippen LogP contribution in [0.2, 0.25) is 0 Å². The second-order valence-corrected chi connectivity index (χ2v) is 47.7. The molecular weight excluding hydrogens is 1950 g/mol. The number of aliphatic hydroxyl groups is 27. The molecule has 0 bridgehead atoms. The van der Waals surface area contributed by atoms with Crippen LogP contribution in [0.1, 0.15) is 190 Å². The predicted octanol–water partition coefficient (Wildman–Crippen LogP) is -5.27. The van der Waals surface area contributed by atoms with Crippen molar-refractivity contribution in [3.05, 3.63) is 0 Å². The average molecular weight is 2120 g/mol. The third-order valence-corrected chi connectivity index (χ3v) is 39.4. The molecule has 0 aromatic rings. The zero-order valence-corrected chi connectivity index (χ0v) is 85.6. The predicted molar refractivity (Wildman–Crippen MR) is 502 cm³/mol. The van der Waals surface area contributed by atoms with Crippen LogP contribution in [0.5, 0.6) is 0 Å². The van der Waals surface area contributed by atoms with Crippen LogP contribution >= 0.6 is 0 Å². The zero-order valence-electron chi connectivity index (χ0n) is 85.6. The smallest absolute Gasteiger partial charge is 0.187 e. The fraction of sp³-hybridized carbons (Fsp3) is 1.00. The summed E-state index contributed by atoms with van der Waals surface area (Å²) >= 11 is 0. The summed E-state index contributed by atoms with van der Waals surface area (Å²) in [6.07, 6.45) is -44.5. The van der Waals surface area contributed by atoms with Gasteiger partial charge in [-0.3, -0.25) is 0 Å². The summed E-state index contributed by atoms with van der Waals surface area (Å²) in [5.41, 5.74) is -1.43. The van der Waals surface area contributed by atoms with Crippen LogP contribution in [0, 0.1) is 104 Å². The normalized spacial score (nSPS) is 52.0. The van der Waals surface area contributed by atoms with E-state index in [1.807, 2.05) is 0 Å². The molecule has 45 heteroatoms. The van der Waals surface area contributed by atoms with Crippen LogP contribution in [0.3, 0.4) is 0 Å². The maximum atomic E-state index is 12.1. The van der Waals surface area contributed by atoms with Gasteiger partial charge >= 0.3 is 0 Å². The highest BCUT2D eigenvalue weighted by Crippen LogP contribution is 2.71. The van der Waals surface area contributed by atoms with E-state index < -0.39 is 317 Å². The lowest BCUT2D eigenvalue weighted by atomic mass is 9.44. The first-order chi connectivity index (χ1) is 70.0. The fourth-order valence-electron chi connectivity index (χ4n) is 30.7. The van der Waals surface area contributed by atoms with Crippen molar-refractivity contribution in [2.45, 2.75) is 441 Å². The van der Waals surface area contributed by atoms with Crippen LogP contribution in [0.4, 0.5) is 0 Å². The Bertz CT molecular complexity index is 3770. The highest BCUT2D eigenvalue weighted by Gasteiger charge is 2.66. The van der Waals surface area contributed by atoms with Crippen LogP contribution in [-0.2, 0) is 85.3 Å². The molecule has 0 spiro atoms. The van der Waals surface area contributed by atoms with Gasteiger partial charge in [0.1, 0.15) is 183 Å². The molecule has 45 nitrogen and oxygen atoms in total. The van der Waals surface area contributed by atoms with Crippen molar-refractivity contribution in [2.24, 2.45) is 104 Å². The third-order valence-electron chi connectivity index (χ3n) is 39.4. The van der Waals surface area contributed by atoms with Gasteiger partial charge in [-0.05, 0) is 234 Å². The molecule has 8 aliphatic carbocycles. The van der Waals surface area contributed by atoms with Gasteiger partial charge in [-0.2, -0.15) is 0 Å². The van der Waals surface area contributed by atoms with E-state index in [0.29, 0.717) is 78.9 Å². The largest absolute Gasteiger partial charge is 0.394 e. The molecule has 0 radical (unpaired) electrons. The molecule has 0 amide bonds. The first-order valence-electron chi connectivity index (χ1n) is 54.4. The molecule has 8 saturated carbocycles. The Labute approximate surface area is 857 Å². The summed E-state index contributed by atoms with van der Waals surface area (Å²) in [6, 6.07) is 0. The highest BCUT2D eigenvalue weighted by molar-refractivity contribution is 5.14. The minimum atomic E-state index is -2.00. The van der Waals surface area contributed by atoms with Crippen molar-refractivity contribution in [1.82, 2.24) is 0 Å². The number of ether oxygens (including phenoxy) is 18. The number of fused-ring (bicyclic) bond motifs is 10. The molecule has 35 unspecified atom stereocenters. The van der Waals surface area contributed by atoms with Gasteiger partial charge in [-0.25, -0.2) is 0 Å². The standard InChI is InChI=1S/C102H174O45/c1-44(53-16-18-55-51-14-12-47-30-49(20-24-98(47,4)57(51)22-26-100(53,55)6)134-90-46(3)67(111)86(63(36-107)140-90)144-94-79(123)72(116)68(112)59(32-103)136-94)10-8-28-130-40-102(42-132-91-83(127)76(120)87(64(37-108)141-91)145-95-80(124)73(117)69(113)60(33-104)137-95,43-133-92-84(128)77(121)88(65(38-109)142-92)146-96-81(125)74(118)70(114)61(34-105)138-96)41-131-29-9-11-45(2)54-17-19-56-52-15-13-48-31-50(21-25-99(48,5)58(52)23-27-101(54,56)7)135-93-85(129)78(122)89(66(39-110)143-93)147-97-82(126)75(119)71(115)62(35-106)139-97/h44-97,103-129H,8-43H2,1-7H3/t44?,45?,46?,47?,48?,49?,50?,51?,52?,53?,54?,55?,56?,57?,58?,59?,60?,61?,62?,63?,64?,65?,66?,67-,68-,69-,70+,71+,72+,73+,74-,75-,76-,77+,78+,79?,80?,81?,82?,83?,84?,85?,86-,87-,88+,89+,90-,91-,92+,93+,94-,95-,96+,97+,98?,99?,100?,101?,102?/m1/s1. The molecule has 16 rings (SSSR count). The summed E-state index contributed by atoms with van der Waals surface area (Å²) in [4.78, 5) is 0. The number of hydrogen-bond donors (Lipinski definition) is 27. The van der Waals surface area contributed by atoms with Gasteiger partial charge in [0, 0.05) is 19.1 Å². The van der Waals surface area contributed by atoms with Gasteiger partial charge in [0.2, 0.25) is 0 Å². The summed E-state index contributed by atoms with van der Waals surface area (Å²) in [7, 11) is 0. The van der Waals surface area contributed by atoms with E-state index in [2.05, 4.69) is 41.5 Å². The molecule has 16 aliphatic rings. The van der Waals surface area contributed by atoms with Crippen molar-refractivity contribution in [3.8, 4) is 0 Å². The quantitative estimate of drug-likeness (QED) is 0.0201. The van der Waals surface area contributed by atoms with E-state index in [9.17, 15) is 138 Å². The third kappa shape index (κ3) is 23.5. The first kappa shape index (κ1) is 118. The minimum Gasteiger partial charge on any atom is -0.394 e. The lowest BCUT2D eigenvalue weighted by Gasteiger charge is -2.61. The van der Waals surface area contributed by atoms with Gasteiger partial charge < -0.3 is 223 Å². The van der Waals surface area contributed by atoms with Crippen molar-refractivity contribution < 1.29 is 223 Å². The molecule has 8 aliphatic heterocycles. The highest BCUT2D eigenvalue weighted by atomic mass is 16.8. The molecule has 27 N–H and O–H groups in total. The molecule has 16 fully saturated rings. The maximum absolute atomic E-state index is 12.1. The molecule has 0 aromatic carbocycles. The second-order valence-electron chi connectivity index (χ2n) is 47.7. The lowest BCUT2D eigenvalue weighted by molar-refractivity contribution is -0.366. The minimum absolute atomic E-state index is 0.0158. The Hall–Kier alpha value is -1.80. The van der Waals surface area contributed by atoms with E-state index in [1.165, 1.54) is 0 Å². The van der Waals surface area contributed by atoms with Crippen molar-refractivity contribution >= 4 is 0 Å². The summed E-state index contributed by atoms with van der Waals surface area (Å²) in [5, 5.41) is 293. The van der Waals surface area contributed by atoms with Gasteiger partial charge in [0.25, 0.3) is 0 Å². The molecule has 8 saturated heterocycles. The van der Waals surface area contributed by atoms with Crippen LogP contribution in [0.15, 0.2) is 0 Å². The number of aliphatic hydroxyl groups excluding tert-OH is 27. The Balaban J connectivity index is 0.576. The van der Waals surface area contributed by atoms with Crippen LogP contribution in [-0.4, -0.2) is 482 Å². The molecule has 59 atom stereocenters. The maximum Gasteiger partial charge on any atom is 0.187 e. The number of hydrogen-bond acceptors (Lipinski definition) is 45. The van der Waals surface area contributed by atoms with Gasteiger partial charge in [0.05, 0.1) is 103 Å². The van der Waals surface area contributed by atoms with E-state index in [1.54, 1.807) is 6.92 Å². The van der Waals surface area contributed by atoms with E-state index in [4.69, 9.17) is 85.3 Å². The Morgan fingerprint density at radius 2 is 0.544 bits per heavy atom. The Morgan fingerprint density at radius 1 is 0.272 bits per heavy atom. The fourth-order valence-corrected chi connectivity index (χ4v) is 30.7. The van der Waals surface area contributed by atoms with Crippen molar-refractivity contribution in [1.29, 1.82) is 0 Å². The lowest BCUT2D eigenvalue weighted by Crippen LogP contribution is -2.65. The van der Waals surface area contributed by atoms with Gasteiger partial charge in [0.15, 0.2) is 50.3 Å². The molecule has 147 heavy (non-hydrogen) atoms. The summed E-state index contributed by atoms with van der Waals surface area (Å²) < 4.78 is 111. The molecule has 8 heterocycles. The van der Waals surface area contributed by atoms with Crippen LogP contribution in [0.25, 0.3) is 0 Å².